The number of rotatable bonds is 7. The molecule has 1 saturated heterocycles. The van der Waals surface area contributed by atoms with Crippen LogP contribution in [-0.4, -0.2) is 40.0 Å². The van der Waals surface area contributed by atoms with E-state index in [1.807, 2.05) is 0 Å². The summed E-state index contributed by atoms with van der Waals surface area (Å²) in [5.74, 6) is 0. The predicted molar refractivity (Wildman–Crippen MR) is 75.9 cm³/mol. The van der Waals surface area contributed by atoms with Crippen molar-refractivity contribution >= 4 is 0 Å². The first kappa shape index (κ1) is 15.9. The second-order valence-electron chi connectivity index (χ2n) is 6.89. The van der Waals surface area contributed by atoms with Crippen molar-refractivity contribution in [2.75, 3.05) is 40.0 Å². The minimum Gasteiger partial charge on any atom is -0.383 e. The number of hydrogen-bond acceptors (Lipinski definition) is 3. The number of hydrogen-bond donors (Lipinski definition) is 1. The lowest BCUT2D eigenvalue weighted by molar-refractivity contribution is -0.0176. The van der Waals surface area contributed by atoms with Crippen molar-refractivity contribution in [3.63, 3.8) is 0 Å². The van der Waals surface area contributed by atoms with E-state index in [0.717, 1.165) is 32.9 Å². The van der Waals surface area contributed by atoms with Crippen molar-refractivity contribution < 1.29 is 9.47 Å². The summed E-state index contributed by atoms with van der Waals surface area (Å²) in [6.07, 6.45) is 5.03. The summed E-state index contributed by atoms with van der Waals surface area (Å²) in [5.41, 5.74) is 0.760. The highest BCUT2D eigenvalue weighted by Gasteiger charge is 2.33. The molecule has 1 aliphatic rings. The molecule has 0 spiro atoms. The van der Waals surface area contributed by atoms with Gasteiger partial charge in [0.05, 0.1) is 13.2 Å². The predicted octanol–water partition coefficient (Wildman–Crippen LogP) is 2.85. The third kappa shape index (κ3) is 6.17. The van der Waals surface area contributed by atoms with E-state index in [1.54, 1.807) is 7.11 Å². The van der Waals surface area contributed by atoms with Gasteiger partial charge < -0.3 is 14.8 Å². The van der Waals surface area contributed by atoms with E-state index >= 15 is 0 Å². The Bertz CT molecular complexity index is 217. The maximum absolute atomic E-state index is 5.74. The lowest BCUT2D eigenvalue weighted by Crippen LogP contribution is -2.42. The molecular weight excluding hydrogens is 226 g/mol. The van der Waals surface area contributed by atoms with Gasteiger partial charge in [0.2, 0.25) is 0 Å². The first-order valence-corrected chi connectivity index (χ1v) is 7.25. The van der Waals surface area contributed by atoms with Crippen LogP contribution in [-0.2, 0) is 9.47 Å². The van der Waals surface area contributed by atoms with Gasteiger partial charge in [-0.2, -0.15) is 0 Å². The average Bonchev–Trinajstić information content (AvgIpc) is 2.33. The zero-order valence-corrected chi connectivity index (χ0v) is 12.7. The van der Waals surface area contributed by atoms with Crippen molar-refractivity contribution in [2.45, 2.75) is 46.5 Å². The van der Waals surface area contributed by atoms with Crippen LogP contribution in [0.25, 0.3) is 0 Å². The van der Waals surface area contributed by atoms with Gasteiger partial charge in [0.15, 0.2) is 0 Å². The Morgan fingerprint density at radius 2 is 2.11 bits per heavy atom. The van der Waals surface area contributed by atoms with E-state index in [4.69, 9.17) is 9.47 Å². The third-order valence-corrected chi connectivity index (χ3v) is 3.79. The molecule has 1 heterocycles. The highest BCUT2D eigenvalue weighted by molar-refractivity contribution is 4.85. The molecule has 3 heteroatoms. The quantitative estimate of drug-likeness (QED) is 0.711. The van der Waals surface area contributed by atoms with Crippen LogP contribution in [0.4, 0.5) is 0 Å². The van der Waals surface area contributed by atoms with Crippen molar-refractivity contribution in [1.29, 1.82) is 0 Å². The normalized spacial score (nSPS) is 25.3. The Hall–Kier alpha value is -0.120. The van der Waals surface area contributed by atoms with Gasteiger partial charge in [0.25, 0.3) is 0 Å². The molecule has 0 aliphatic carbocycles. The first-order valence-electron chi connectivity index (χ1n) is 7.25. The molecule has 18 heavy (non-hydrogen) atoms. The fraction of sp³-hybridized carbons (Fsp3) is 1.00. The lowest BCUT2D eigenvalue weighted by atomic mass is 9.74. The molecule has 1 N–H and O–H groups in total. The fourth-order valence-electron chi connectivity index (χ4n) is 2.50. The molecule has 0 aromatic rings. The van der Waals surface area contributed by atoms with E-state index in [2.05, 4.69) is 26.1 Å². The van der Waals surface area contributed by atoms with Crippen molar-refractivity contribution in [1.82, 2.24) is 5.32 Å². The molecule has 0 aromatic carbocycles. The average molecular weight is 257 g/mol. The summed E-state index contributed by atoms with van der Waals surface area (Å²) in [4.78, 5) is 0. The Balaban J connectivity index is 2.41. The molecule has 0 amide bonds. The molecule has 0 bridgehead atoms. The maximum atomic E-state index is 5.74. The first-order chi connectivity index (χ1) is 8.47. The van der Waals surface area contributed by atoms with E-state index in [0.29, 0.717) is 10.8 Å². The molecule has 1 rings (SSSR count). The monoisotopic (exact) mass is 257 g/mol. The molecule has 1 atom stereocenters. The SMILES string of the molecule is COCCNCC1(CCC(C)(C)C)CCCOC1. The van der Waals surface area contributed by atoms with Gasteiger partial charge in [-0.1, -0.05) is 20.8 Å². The summed E-state index contributed by atoms with van der Waals surface area (Å²) in [6, 6.07) is 0. The molecule has 1 aliphatic heterocycles. The van der Waals surface area contributed by atoms with Crippen molar-refractivity contribution in [2.24, 2.45) is 10.8 Å². The van der Waals surface area contributed by atoms with Crippen LogP contribution in [0.2, 0.25) is 0 Å². The molecule has 0 radical (unpaired) electrons. The van der Waals surface area contributed by atoms with Gasteiger partial charge in [0, 0.05) is 32.2 Å². The standard InChI is InChI=1S/C15H31NO2/c1-14(2,3)7-8-15(6-5-10-18-13-15)12-16-9-11-17-4/h16H,5-13H2,1-4H3. The molecular formula is C15H31NO2. The topological polar surface area (TPSA) is 30.5 Å². The molecule has 1 fully saturated rings. The second kappa shape index (κ2) is 7.46. The molecule has 1 unspecified atom stereocenters. The van der Waals surface area contributed by atoms with Crippen LogP contribution in [0.5, 0.6) is 0 Å². The third-order valence-electron chi connectivity index (χ3n) is 3.79. The zero-order valence-electron chi connectivity index (χ0n) is 12.7. The van der Waals surface area contributed by atoms with Gasteiger partial charge in [-0.05, 0) is 31.1 Å². The summed E-state index contributed by atoms with van der Waals surface area (Å²) in [7, 11) is 1.75. The van der Waals surface area contributed by atoms with Crippen molar-refractivity contribution in [3.8, 4) is 0 Å². The van der Waals surface area contributed by atoms with E-state index in [-0.39, 0.29) is 0 Å². The lowest BCUT2D eigenvalue weighted by Gasteiger charge is -2.39. The van der Waals surface area contributed by atoms with Crippen LogP contribution in [0.1, 0.15) is 46.5 Å². The summed E-state index contributed by atoms with van der Waals surface area (Å²) in [5, 5.41) is 3.53. The highest BCUT2D eigenvalue weighted by Crippen LogP contribution is 2.36. The Labute approximate surface area is 113 Å². The molecule has 108 valence electrons. The van der Waals surface area contributed by atoms with Gasteiger partial charge >= 0.3 is 0 Å². The smallest absolute Gasteiger partial charge is 0.0587 e. The van der Waals surface area contributed by atoms with E-state index in [9.17, 15) is 0 Å². The van der Waals surface area contributed by atoms with Crippen LogP contribution < -0.4 is 5.32 Å². The maximum Gasteiger partial charge on any atom is 0.0587 e. The van der Waals surface area contributed by atoms with Crippen LogP contribution >= 0.6 is 0 Å². The van der Waals surface area contributed by atoms with E-state index < -0.39 is 0 Å². The van der Waals surface area contributed by atoms with Crippen molar-refractivity contribution in [3.05, 3.63) is 0 Å². The molecule has 0 saturated carbocycles. The van der Waals surface area contributed by atoms with Crippen LogP contribution in [0, 0.1) is 10.8 Å². The van der Waals surface area contributed by atoms with Gasteiger partial charge in [-0.15, -0.1) is 0 Å². The number of methoxy groups -OCH3 is 1. The van der Waals surface area contributed by atoms with Gasteiger partial charge in [0.1, 0.15) is 0 Å². The van der Waals surface area contributed by atoms with Crippen LogP contribution in [0.3, 0.4) is 0 Å². The number of ether oxygens (including phenoxy) is 2. The molecule has 3 nitrogen and oxygen atoms in total. The summed E-state index contributed by atoms with van der Waals surface area (Å²) >= 11 is 0. The molecule has 0 aromatic heterocycles. The minimum absolute atomic E-state index is 0.346. The minimum atomic E-state index is 0.346. The largest absolute Gasteiger partial charge is 0.383 e. The zero-order chi connectivity index (χ0) is 13.5. The highest BCUT2D eigenvalue weighted by atomic mass is 16.5. The fourth-order valence-corrected chi connectivity index (χ4v) is 2.50. The van der Waals surface area contributed by atoms with Gasteiger partial charge in [-0.25, -0.2) is 0 Å². The Morgan fingerprint density at radius 3 is 2.67 bits per heavy atom. The second-order valence-corrected chi connectivity index (χ2v) is 6.89. The van der Waals surface area contributed by atoms with Gasteiger partial charge in [-0.3, -0.25) is 0 Å². The summed E-state index contributed by atoms with van der Waals surface area (Å²) < 4.78 is 10.8. The summed E-state index contributed by atoms with van der Waals surface area (Å²) in [6.45, 7) is 11.6. The Morgan fingerprint density at radius 1 is 1.33 bits per heavy atom. The van der Waals surface area contributed by atoms with E-state index in [1.165, 1.54) is 25.7 Å². The number of nitrogens with one attached hydrogen (secondary N) is 1. The Kier molecular flexibility index (Phi) is 6.61. The van der Waals surface area contributed by atoms with Crippen LogP contribution in [0.15, 0.2) is 0 Å².